The van der Waals surface area contributed by atoms with Crippen LogP contribution in [0, 0.1) is 6.92 Å². The Hall–Kier alpha value is -4.60. The minimum absolute atomic E-state index is 0.0372. The van der Waals surface area contributed by atoms with Gasteiger partial charge >= 0.3 is 24.2 Å². The van der Waals surface area contributed by atoms with Gasteiger partial charge in [-0.2, -0.15) is 17.6 Å². The Morgan fingerprint density at radius 1 is 0.676 bits per heavy atom. The standard InChI is InChI=1S/C27H20F4O6/c1-4-24(32)34-20-10-6-18(7-11-20)26(28,29)36-22-14-15-23(17(3)16-22)37-27(30,31)19-8-12-21(13-9-19)35-25(33)5-2/h4-16H,1-2H2,3H3. The third kappa shape index (κ3) is 6.97. The molecule has 0 fully saturated rings. The van der Waals surface area contributed by atoms with Crippen molar-refractivity contribution in [3.05, 3.63) is 109 Å². The van der Waals surface area contributed by atoms with Crippen molar-refractivity contribution in [2.75, 3.05) is 0 Å². The van der Waals surface area contributed by atoms with E-state index in [9.17, 15) is 27.2 Å². The van der Waals surface area contributed by atoms with Crippen LogP contribution < -0.4 is 18.9 Å². The van der Waals surface area contributed by atoms with Crippen LogP contribution in [0.5, 0.6) is 23.0 Å². The largest absolute Gasteiger partial charge is 0.429 e. The fourth-order valence-electron chi connectivity index (χ4n) is 2.95. The second-order valence-electron chi connectivity index (χ2n) is 7.46. The molecule has 0 spiro atoms. The van der Waals surface area contributed by atoms with E-state index >= 15 is 0 Å². The van der Waals surface area contributed by atoms with Crippen molar-refractivity contribution in [3.8, 4) is 23.0 Å². The van der Waals surface area contributed by atoms with E-state index in [2.05, 4.69) is 13.2 Å². The predicted octanol–water partition coefficient (Wildman–Crippen LogP) is 6.43. The molecule has 0 amide bonds. The molecule has 0 aromatic heterocycles. The molecule has 6 nitrogen and oxygen atoms in total. The van der Waals surface area contributed by atoms with E-state index in [1.807, 2.05) is 0 Å². The number of halogens is 4. The van der Waals surface area contributed by atoms with Gasteiger partial charge in [0.05, 0.1) is 11.1 Å². The van der Waals surface area contributed by atoms with Gasteiger partial charge in [0.1, 0.15) is 23.0 Å². The molecule has 0 N–H and O–H groups in total. The second kappa shape index (κ2) is 11.0. The van der Waals surface area contributed by atoms with Gasteiger partial charge < -0.3 is 18.9 Å². The van der Waals surface area contributed by atoms with Gasteiger partial charge in [-0.3, -0.25) is 0 Å². The summed E-state index contributed by atoms with van der Waals surface area (Å²) < 4.78 is 77.9. The zero-order valence-electron chi connectivity index (χ0n) is 19.4. The lowest BCUT2D eigenvalue weighted by atomic mass is 10.1. The SMILES string of the molecule is C=CC(=O)Oc1ccc(C(F)(F)Oc2ccc(OC(F)(F)c3ccc(OC(=O)C=C)cc3)c(C)c2)cc1. The Balaban J connectivity index is 1.70. The molecule has 37 heavy (non-hydrogen) atoms. The van der Waals surface area contributed by atoms with Gasteiger partial charge in [0.2, 0.25) is 0 Å². The second-order valence-corrected chi connectivity index (χ2v) is 7.46. The number of carbonyl (C=O) groups excluding carboxylic acids is 2. The van der Waals surface area contributed by atoms with Gasteiger partial charge in [0.25, 0.3) is 0 Å². The normalized spacial score (nSPS) is 11.3. The van der Waals surface area contributed by atoms with Crippen LogP contribution in [0.25, 0.3) is 0 Å². The number of ether oxygens (including phenoxy) is 4. The summed E-state index contributed by atoms with van der Waals surface area (Å²) in [5.74, 6) is -1.98. The molecule has 0 aliphatic rings. The lowest BCUT2D eigenvalue weighted by Gasteiger charge is -2.21. The molecule has 3 aromatic rings. The molecule has 10 heteroatoms. The molecule has 0 saturated heterocycles. The fourth-order valence-corrected chi connectivity index (χ4v) is 2.95. The molecule has 3 aromatic carbocycles. The minimum atomic E-state index is -3.78. The molecular weight excluding hydrogens is 496 g/mol. The first kappa shape index (κ1) is 27.0. The van der Waals surface area contributed by atoms with E-state index in [1.165, 1.54) is 6.92 Å². The van der Waals surface area contributed by atoms with Crippen LogP contribution in [0.2, 0.25) is 0 Å². The third-order valence-corrected chi connectivity index (χ3v) is 4.78. The molecule has 0 atom stereocenters. The van der Waals surface area contributed by atoms with Crippen LogP contribution in [-0.4, -0.2) is 11.9 Å². The summed E-state index contributed by atoms with van der Waals surface area (Å²) in [6.07, 6.45) is -5.71. The molecule has 192 valence electrons. The molecular formula is C27H20F4O6. The third-order valence-electron chi connectivity index (χ3n) is 4.78. The maximum absolute atomic E-state index is 14.7. The predicted molar refractivity (Wildman–Crippen MR) is 125 cm³/mol. The van der Waals surface area contributed by atoms with Crippen LogP contribution in [0.15, 0.2) is 92.0 Å². The molecule has 0 aliphatic heterocycles. The van der Waals surface area contributed by atoms with Crippen molar-refractivity contribution in [3.63, 3.8) is 0 Å². The summed E-state index contributed by atoms with van der Waals surface area (Å²) in [7, 11) is 0. The summed E-state index contributed by atoms with van der Waals surface area (Å²) >= 11 is 0. The van der Waals surface area contributed by atoms with Crippen LogP contribution in [0.1, 0.15) is 16.7 Å². The molecule has 0 radical (unpaired) electrons. The van der Waals surface area contributed by atoms with Crippen molar-refractivity contribution < 1.29 is 46.1 Å². The zero-order valence-corrected chi connectivity index (χ0v) is 19.4. The van der Waals surface area contributed by atoms with Gasteiger partial charge in [0.15, 0.2) is 0 Å². The highest BCUT2D eigenvalue weighted by atomic mass is 19.3. The first-order chi connectivity index (χ1) is 17.4. The summed E-state index contributed by atoms with van der Waals surface area (Å²) in [6.45, 7) is 7.87. The van der Waals surface area contributed by atoms with Gasteiger partial charge in [-0.1, -0.05) is 13.2 Å². The van der Waals surface area contributed by atoms with Crippen molar-refractivity contribution >= 4 is 11.9 Å². The Bertz CT molecular complexity index is 1300. The molecule has 0 saturated carbocycles. The van der Waals surface area contributed by atoms with E-state index in [-0.39, 0.29) is 28.6 Å². The van der Waals surface area contributed by atoms with Gasteiger partial charge in [-0.15, -0.1) is 0 Å². The molecule has 3 rings (SSSR count). The Morgan fingerprint density at radius 2 is 1.08 bits per heavy atom. The average molecular weight is 516 g/mol. The Labute approximate surface area is 209 Å². The number of hydrogen-bond donors (Lipinski definition) is 0. The number of aryl methyl sites for hydroxylation is 1. The van der Waals surface area contributed by atoms with Gasteiger partial charge in [0, 0.05) is 12.2 Å². The highest BCUT2D eigenvalue weighted by Gasteiger charge is 2.36. The van der Waals surface area contributed by atoms with Crippen LogP contribution in [-0.2, 0) is 21.8 Å². The zero-order chi connectivity index (χ0) is 27.2. The van der Waals surface area contributed by atoms with E-state index in [4.69, 9.17) is 18.9 Å². The quantitative estimate of drug-likeness (QED) is 0.134. The van der Waals surface area contributed by atoms with E-state index in [0.717, 1.165) is 78.9 Å². The molecule has 0 heterocycles. The number of rotatable bonds is 10. The van der Waals surface area contributed by atoms with Crippen LogP contribution in [0.4, 0.5) is 17.6 Å². The number of esters is 2. The number of alkyl halides is 4. The fraction of sp³-hybridized carbons (Fsp3) is 0.111. The maximum atomic E-state index is 14.7. The molecule has 0 aliphatic carbocycles. The van der Waals surface area contributed by atoms with Gasteiger partial charge in [-0.05, 0) is 79.2 Å². The number of hydrogen-bond acceptors (Lipinski definition) is 6. The topological polar surface area (TPSA) is 71.1 Å². The average Bonchev–Trinajstić information content (AvgIpc) is 2.86. The number of benzene rings is 3. The lowest BCUT2D eigenvalue weighted by Crippen LogP contribution is -2.23. The van der Waals surface area contributed by atoms with Crippen LogP contribution in [0.3, 0.4) is 0 Å². The summed E-state index contributed by atoms with van der Waals surface area (Å²) in [5.41, 5.74) is -0.951. The highest BCUT2D eigenvalue weighted by molar-refractivity contribution is 5.83. The minimum Gasteiger partial charge on any atom is -0.429 e. The van der Waals surface area contributed by atoms with Crippen molar-refractivity contribution in [1.82, 2.24) is 0 Å². The molecule has 0 bridgehead atoms. The smallest absolute Gasteiger partial charge is 0.426 e. The van der Waals surface area contributed by atoms with E-state index in [0.29, 0.717) is 0 Å². The summed E-state index contributed by atoms with van der Waals surface area (Å²) in [6, 6.07) is 12.0. The number of carbonyl (C=O) groups is 2. The van der Waals surface area contributed by atoms with Gasteiger partial charge in [-0.25, -0.2) is 9.59 Å². The van der Waals surface area contributed by atoms with Crippen molar-refractivity contribution in [2.24, 2.45) is 0 Å². The van der Waals surface area contributed by atoms with Crippen molar-refractivity contribution in [1.29, 1.82) is 0 Å². The van der Waals surface area contributed by atoms with E-state index in [1.54, 1.807) is 0 Å². The van der Waals surface area contributed by atoms with Crippen molar-refractivity contribution in [2.45, 2.75) is 19.1 Å². The monoisotopic (exact) mass is 516 g/mol. The first-order valence-corrected chi connectivity index (χ1v) is 10.6. The first-order valence-electron chi connectivity index (χ1n) is 10.6. The highest BCUT2D eigenvalue weighted by Crippen LogP contribution is 2.37. The molecule has 0 unspecified atom stereocenters. The Morgan fingerprint density at radius 3 is 1.49 bits per heavy atom. The summed E-state index contributed by atoms with van der Waals surface area (Å²) in [5, 5.41) is 0. The lowest BCUT2D eigenvalue weighted by molar-refractivity contribution is -0.188. The summed E-state index contributed by atoms with van der Waals surface area (Å²) in [4.78, 5) is 22.4. The maximum Gasteiger partial charge on any atom is 0.426 e. The van der Waals surface area contributed by atoms with E-state index < -0.39 is 35.3 Å². The Kier molecular flexibility index (Phi) is 8.01. The van der Waals surface area contributed by atoms with Crippen LogP contribution >= 0.6 is 0 Å².